The number of nitrogens with zero attached hydrogens (tertiary/aromatic N) is 1. The maximum Gasteiger partial charge on any atom is 0.270 e. The smallest absolute Gasteiger partial charge is 0.270 e. The first-order valence-corrected chi connectivity index (χ1v) is 10.5. The Bertz CT molecular complexity index is 1280. The molecule has 1 N–H and O–H groups in total. The number of furan rings is 1. The molecule has 9 heteroatoms. The van der Waals surface area contributed by atoms with E-state index in [0.717, 1.165) is 0 Å². The van der Waals surface area contributed by atoms with Gasteiger partial charge in [-0.2, -0.15) is 0 Å². The molecule has 3 aromatic rings. The van der Waals surface area contributed by atoms with Crippen molar-refractivity contribution in [2.75, 3.05) is 4.90 Å². The van der Waals surface area contributed by atoms with Crippen molar-refractivity contribution in [2.45, 2.75) is 6.92 Å². The highest BCUT2D eigenvalue weighted by molar-refractivity contribution is 7.80. The summed E-state index contributed by atoms with van der Waals surface area (Å²) in [4.78, 5) is 26.9. The minimum absolute atomic E-state index is 0.0247. The van der Waals surface area contributed by atoms with Gasteiger partial charge >= 0.3 is 0 Å². The van der Waals surface area contributed by atoms with E-state index >= 15 is 0 Å². The zero-order valence-electron chi connectivity index (χ0n) is 15.9. The highest BCUT2D eigenvalue weighted by atomic mass is 35.5. The molecule has 1 aromatic heterocycles. The molecule has 0 atom stereocenters. The summed E-state index contributed by atoms with van der Waals surface area (Å²) in [7, 11) is 0. The molecule has 0 saturated carbocycles. The molecular formula is C22H13Cl3N2O3S. The number of halogens is 3. The van der Waals surface area contributed by atoms with Crippen molar-refractivity contribution < 1.29 is 14.0 Å². The third-order valence-corrected chi connectivity index (χ3v) is 6.23. The van der Waals surface area contributed by atoms with E-state index in [1.807, 2.05) is 0 Å². The SMILES string of the molecule is Cc1c(Cl)cccc1N1C(=O)/C(=C\c2ccc(-c3cccc(Cl)c3Cl)o2)C(=O)NC1=S. The predicted octanol–water partition coefficient (Wildman–Crippen LogP) is 6.05. The minimum atomic E-state index is -0.621. The number of hydrogen-bond donors (Lipinski definition) is 1. The number of benzene rings is 2. The van der Waals surface area contributed by atoms with Crippen LogP contribution in [0.25, 0.3) is 17.4 Å². The number of anilines is 1. The Labute approximate surface area is 198 Å². The molecule has 4 rings (SSSR count). The number of carbonyl (C=O) groups is 2. The lowest BCUT2D eigenvalue weighted by molar-refractivity contribution is -0.122. The Morgan fingerprint density at radius 1 is 1.00 bits per heavy atom. The molecule has 0 radical (unpaired) electrons. The number of nitrogens with one attached hydrogen (secondary N) is 1. The van der Waals surface area contributed by atoms with Gasteiger partial charge in [-0.05, 0) is 67.2 Å². The van der Waals surface area contributed by atoms with E-state index in [1.165, 1.54) is 11.0 Å². The molecule has 1 fully saturated rings. The number of thiocarbonyl (C=S) groups is 1. The fourth-order valence-corrected chi connectivity index (χ4v) is 3.96. The second kappa shape index (κ2) is 8.48. The first kappa shape index (κ1) is 21.6. The maximum absolute atomic E-state index is 13.2. The third kappa shape index (κ3) is 4.00. The Hall–Kier alpha value is -2.64. The van der Waals surface area contributed by atoms with Gasteiger partial charge in [0.05, 0.1) is 15.7 Å². The van der Waals surface area contributed by atoms with Crippen LogP contribution in [-0.2, 0) is 9.59 Å². The van der Waals surface area contributed by atoms with Gasteiger partial charge < -0.3 is 4.42 Å². The van der Waals surface area contributed by atoms with Gasteiger partial charge in [0.2, 0.25) is 0 Å². The van der Waals surface area contributed by atoms with Crippen LogP contribution in [0.1, 0.15) is 11.3 Å². The molecule has 156 valence electrons. The van der Waals surface area contributed by atoms with Crippen LogP contribution >= 0.6 is 47.0 Å². The van der Waals surface area contributed by atoms with Crippen molar-refractivity contribution in [3.63, 3.8) is 0 Å². The highest BCUT2D eigenvalue weighted by Crippen LogP contribution is 2.35. The number of carbonyl (C=O) groups excluding carboxylic acids is 2. The summed E-state index contributed by atoms with van der Waals surface area (Å²) in [6.07, 6.45) is 1.36. The van der Waals surface area contributed by atoms with Gasteiger partial charge in [-0.3, -0.25) is 19.8 Å². The largest absolute Gasteiger partial charge is 0.457 e. The van der Waals surface area contributed by atoms with Crippen LogP contribution in [0.3, 0.4) is 0 Å². The van der Waals surface area contributed by atoms with Gasteiger partial charge in [0.1, 0.15) is 17.1 Å². The zero-order valence-corrected chi connectivity index (χ0v) is 19.0. The minimum Gasteiger partial charge on any atom is -0.457 e. The molecule has 1 aliphatic heterocycles. The lowest BCUT2D eigenvalue weighted by atomic mass is 10.1. The van der Waals surface area contributed by atoms with Gasteiger partial charge in [0, 0.05) is 10.6 Å². The van der Waals surface area contributed by atoms with Crippen LogP contribution in [0.5, 0.6) is 0 Å². The summed E-state index contributed by atoms with van der Waals surface area (Å²) in [6.45, 7) is 1.76. The standard InChI is InChI=1S/C22H13Cl3N2O3S/c1-11-15(23)5-3-7-17(11)27-21(29)14(20(28)26-22(27)31)10-12-8-9-18(30-12)13-4-2-6-16(24)19(13)25/h2-10H,1H3,(H,26,28,31)/b14-10-. The van der Waals surface area contributed by atoms with Gasteiger partial charge in [0.25, 0.3) is 11.8 Å². The molecule has 5 nitrogen and oxygen atoms in total. The average molecular weight is 492 g/mol. The first-order valence-electron chi connectivity index (χ1n) is 8.98. The molecular weight excluding hydrogens is 479 g/mol. The molecule has 0 spiro atoms. The van der Waals surface area contributed by atoms with Gasteiger partial charge in [-0.15, -0.1) is 0 Å². The van der Waals surface area contributed by atoms with E-state index in [9.17, 15) is 9.59 Å². The third-order valence-electron chi connectivity index (χ3n) is 4.71. The molecule has 1 saturated heterocycles. The van der Waals surface area contributed by atoms with Gasteiger partial charge in [0.15, 0.2) is 5.11 Å². The van der Waals surface area contributed by atoms with Gasteiger partial charge in [-0.25, -0.2) is 0 Å². The average Bonchev–Trinajstić information content (AvgIpc) is 3.19. The van der Waals surface area contributed by atoms with Crippen molar-refractivity contribution in [3.8, 4) is 11.3 Å². The molecule has 0 unspecified atom stereocenters. The fourth-order valence-electron chi connectivity index (χ4n) is 3.13. The van der Waals surface area contributed by atoms with Crippen molar-refractivity contribution in [1.82, 2.24) is 5.32 Å². The van der Waals surface area contributed by atoms with Crippen LogP contribution in [0.4, 0.5) is 5.69 Å². The summed E-state index contributed by atoms with van der Waals surface area (Å²) in [5, 5.41) is 3.72. The van der Waals surface area contributed by atoms with Crippen LogP contribution in [0.2, 0.25) is 15.1 Å². The molecule has 31 heavy (non-hydrogen) atoms. The molecule has 0 aliphatic carbocycles. The Morgan fingerprint density at radius 2 is 1.71 bits per heavy atom. The normalized spacial score (nSPS) is 15.5. The highest BCUT2D eigenvalue weighted by Gasteiger charge is 2.35. The number of hydrogen-bond acceptors (Lipinski definition) is 4. The Balaban J connectivity index is 1.72. The van der Waals surface area contributed by atoms with E-state index in [4.69, 9.17) is 51.4 Å². The fraction of sp³-hybridized carbons (Fsp3) is 0.0455. The number of rotatable bonds is 3. The van der Waals surface area contributed by atoms with Crippen molar-refractivity contribution in [3.05, 3.63) is 80.5 Å². The number of amides is 2. The van der Waals surface area contributed by atoms with E-state index in [-0.39, 0.29) is 10.7 Å². The quantitative estimate of drug-likeness (QED) is 0.275. The van der Waals surface area contributed by atoms with E-state index < -0.39 is 11.8 Å². The predicted molar refractivity (Wildman–Crippen MR) is 127 cm³/mol. The van der Waals surface area contributed by atoms with E-state index in [2.05, 4.69) is 5.32 Å². The summed E-state index contributed by atoms with van der Waals surface area (Å²) >= 11 is 23.7. The van der Waals surface area contributed by atoms with E-state index in [0.29, 0.717) is 43.4 Å². The summed E-state index contributed by atoms with van der Waals surface area (Å²) < 4.78 is 5.79. The molecule has 2 heterocycles. The summed E-state index contributed by atoms with van der Waals surface area (Å²) in [5.41, 5.74) is 1.60. The summed E-state index contributed by atoms with van der Waals surface area (Å²) in [5.74, 6) is -0.469. The lowest BCUT2D eigenvalue weighted by Gasteiger charge is -2.30. The molecule has 2 amide bonds. The molecule has 1 aliphatic rings. The van der Waals surface area contributed by atoms with Crippen LogP contribution in [0, 0.1) is 6.92 Å². The monoisotopic (exact) mass is 490 g/mol. The molecule has 0 bridgehead atoms. The Morgan fingerprint density at radius 3 is 2.48 bits per heavy atom. The van der Waals surface area contributed by atoms with Crippen LogP contribution in [-0.4, -0.2) is 16.9 Å². The Kier molecular flexibility index (Phi) is 5.90. The zero-order chi connectivity index (χ0) is 22.3. The summed E-state index contributed by atoms with van der Waals surface area (Å²) in [6, 6.07) is 13.6. The second-order valence-electron chi connectivity index (χ2n) is 6.65. The lowest BCUT2D eigenvalue weighted by Crippen LogP contribution is -2.54. The van der Waals surface area contributed by atoms with Crippen molar-refractivity contribution >= 4 is 75.7 Å². The molecule has 2 aromatic carbocycles. The van der Waals surface area contributed by atoms with Crippen molar-refractivity contribution in [2.24, 2.45) is 0 Å². The van der Waals surface area contributed by atoms with E-state index in [1.54, 1.807) is 55.5 Å². The second-order valence-corrected chi connectivity index (χ2v) is 8.22. The van der Waals surface area contributed by atoms with Gasteiger partial charge in [-0.1, -0.05) is 46.9 Å². The first-order chi connectivity index (χ1) is 14.8. The maximum atomic E-state index is 13.2. The topological polar surface area (TPSA) is 62.6 Å². The van der Waals surface area contributed by atoms with Crippen LogP contribution in [0.15, 0.2) is 58.5 Å². The van der Waals surface area contributed by atoms with Crippen LogP contribution < -0.4 is 10.2 Å². The van der Waals surface area contributed by atoms with Crippen molar-refractivity contribution in [1.29, 1.82) is 0 Å².